The number of benzene rings is 5. The first kappa shape index (κ1) is 57.5. The largest absolute Gasteiger partial charge is 0.489 e. The van der Waals surface area contributed by atoms with Crippen LogP contribution in [-0.2, 0) is 12.2 Å². The second-order valence-electron chi connectivity index (χ2n) is 14.0. The van der Waals surface area contributed by atoms with Gasteiger partial charge >= 0.3 is 0 Å². The third-order valence-corrected chi connectivity index (χ3v) is 9.36. The number of ether oxygens (including phenoxy) is 3. The van der Waals surface area contributed by atoms with Crippen molar-refractivity contribution in [2.75, 3.05) is 0 Å². The van der Waals surface area contributed by atoms with Crippen LogP contribution >= 0.6 is 23.2 Å². The summed E-state index contributed by atoms with van der Waals surface area (Å²) >= 11 is 12.8. The number of hydrogen-bond donors (Lipinski definition) is 1. The Labute approximate surface area is 477 Å². The van der Waals surface area contributed by atoms with Gasteiger partial charge in [-0.25, -0.2) is 0 Å². The van der Waals surface area contributed by atoms with Crippen molar-refractivity contribution in [2.45, 2.75) is 12.2 Å². The number of terminal acetylenes is 2. The Morgan fingerprint density at radius 1 is 0.338 bits per heavy atom. The van der Waals surface area contributed by atoms with Gasteiger partial charge in [0.1, 0.15) is 41.7 Å². The molecule has 0 saturated carbocycles. The number of halogens is 2. The third-order valence-electron chi connectivity index (χ3n) is 8.89. The Bertz CT molecular complexity index is 4550. The first-order valence-electron chi connectivity index (χ1n) is 22.2. The molecule has 80 heavy (non-hydrogen) atoms. The van der Waals surface area contributed by atoms with Crippen LogP contribution in [0, 0.1) is 262 Å². The molecule has 0 aliphatic carbocycles. The molecule has 0 aliphatic rings. The van der Waals surface area contributed by atoms with Gasteiger partial charge in [0.2, 0.25) is 0 Å². The molecule has 0 unspecified atom stereocenters. The molecular weight excluding hydrogens is 1020 g/mol. The first-order chi connectivity index (χ1) is 39.4. The average molecular weight is 1050 g/mol. The molecule has 5 rings (SSSR count). The van der Waals surface area contributed by atoms with E-state index in [1.165, 1.54) is 0 Å². The average Bonchev–Trinajstić information content (AvgIpc) is 3.47. The maximum absolute atomic E-state index is 12.5. The van der Waals surface area contributed by atoms with E-state index >= 15 is 0 Å². The minimum atomic E-state index is -1.56. The van der Waals surface area contributed by atoms with Crippen LogP contribution in [0.3, 0.4) is 0 Å². The van der Waals surface area contributed by atoms with Crippen molar-refractivity contribution < 1.29 is 19.3 Å². The van der Waals surface area contributed by atoms with Gasteiger partial charge in [0, 0.05) is 158 Å². The molecular formula is C74H22Cl2O4. The number of rotatable bonds is 8. The van der Waals surface area contributed by atoms with Crippen molar-refractivity contribution in [3.05, 3.63) is 135 Å². The second kappa shape index (κ2) is 34.9. The molecule has 0 radical (unpaired) electrons. The molecule has 1 N–H and O–H groups in total. The Morgan fingerprint density at radius 2 is 0.662 bits per heavy atom. The Kier molecular flexibility index (Phi) is 25.1. The minimum Gasteiger partial charge on any atom is -0.489 e. The highest BCUT2D eigenvalue weighted by Gasteiger charge is 2.34. The number of hydrogen-bond acceptors (Lipinski definition) is 4. The van der Waals surface area contributed by atoms with E-state index in [0.717, 1.165) is 10.8 Å². The van der Waals surface area contributed by atoms with E-state index in [1.807, 2.05) is 48.5 Å². The zero-order valence-corrected chi connectivity index (χ0v) is 42.6. The summed E-state index contributed by atoms with van der Waals surface area (Å²) in [5.41, 5.74) is 0.874. The van der Waals surface area contributed by atoms with Gasteiger partial charge in [0.15, 0.2) is 0 Å². The molecule has 356 valence electrons. The van der Waals surface area contributed by atoms with Gasteiger partial charge in [0.05, 0.1) is 0 Å². The SMILES string of the molecule is C#CC#CC#CC#CC#CC#CC#CC#CC#CC#CC#COc1cc(COc2ccc3cc(C(O)(c4cccc(Cl)c4)c4cccc(Cl)c4)ccc3c2)cc(OC#CC#CC#CC#CC#CC#CC#CC#CC#CC#CC#C)c1. The highest BCUT2D eigenvalue weighted by atomic mass is 35.5. The summed E-state index contributed by atoms with van der Waals surface area (Å²) < 4.78 is 17.6. The summed E-state index contributed by atoms with van der Waals surface area (Å²) in [5, 5.41) is 15.2. The van der Waals surface area contributed by atoms with Crippen LogP contribution in [0.4, 0.5) is 0 Å². The summed E-state index contributed by atoms with van der Waals surface area (Å²) in [6, 6.07) is 30.5. The molecule has 0 bridgehead atoms. The summed E-state index contributed by atoms with van der Waals surface area (Å²) in [5.74, 6) is 101. The molecule has 0 spiro atoms. The molecule has 4 nitrogen and oxygen atoms in total. The van der Waals surface area contributed by atoms with E-state index < -0.39 is 5.60 Å². The van der Waals surface area contributed by atoms with E-state index in [0.29, 0.717) is 49.5 Å². The van der Waals surface area contributed by atoms with Gasteiger partial charge in [-0.1, -0.05) is 65.7 Å². The van der Waals surface area contributed by atoms with E-state index in [-0.39, 0.29) is 6.61 Å². The summed E-state index contributed by atoms with van der Waals surface area (Å²) in [6.07, 6.45) is 15.0. The van der Waals surface area contributed by atoms with Crippen LogP contribution in [0.1, 0.15) is 22.3 Å². The summed E-state index contributed by atoms with van der Waals surface area (Å²) in [6.45, 7) is 0.0953. The molecule has 0 aliphatic heterocycles. The maximum Gasteiger partial charge on any atom is 0.144 e. The summed E-state index contributed by atoms with van der Waals surface area (Å²) in [7, 11) is 0. The van der Waals surface area contributed by atoms with Crippen LogP contribution in [0.5, 0.6) is 17.2 Å². The van der Waals surface area contributed by atoms with Crippen LogP contribution in [0.2, 0.25) is 10.0 Å². The van der Waals surface area contributed by atoms with Gasteiger partial charge in [-0.15, -0.1) is 12.8 Å². The Morgan fingerprint density at radius 3 is 1.02 bits per heavy atom. The first-order valence-corrected chi connectivity index (χ1v) is 22.9. The molecule has 0 heterocycles. The van der Waals surface area contributed by atoms with E-state index in [2.05, 4.69) is 249 Å². The monoisotopic (exact) mass is 1040 g/mol. The standard InChI is InChI=1S/C74H22Cl2O4/c1-3-5-7-9-11-13-15-17-19-21-23-25-27-29-31-33-35-37-39-41-53-78-72-55-63(56-73(61-72)79-54-42-40-38-36-34-32-30-28-26-24-22-20-18-16-14-12-10-8-6-4-2)62-80-71-52-50-64-57-68(51-49-65(64)58-71)74(77,66-45-43-47-69(75)59-66)67-46-44-48-70(76)60-67/h1-2,43-52,55-61,77H,62H2. The molecule has 0 atom stereocenters. The molecule has 0 saturated heterocycles. The lowest BCUT2D eigenvalue weighted by molar-refractivity contribution is 0.126. The van der Waals surface area contributed by atoms with Crippen molar-refractivity contribution in [3.8, 4) is 279 Å². The predicted octanol–water partition coefficient (Wildman–Crippen LogP) is 8.02. The molecule has 0 amide bonds. The van der Waals surface area contributed by atoms with Gasteiger partial charge in [0.25, 0.3) is 0 Å². The number of fused-ring (bicyclic) bond motifs is 1. The van der Waals surface area contributed by atoms with Crippen LogP contribution in [0.25, 0.3) is 10.8 Å². The number of aliphatic hydroxyl groups is 1. The van der Waals surface area contributed by atoms with E-state index in [4.69, 9.17) is 50.3 Å². The molecule has 0 fully saturated rings. The third kappa shape index (κ3) is 21.8. The molecule has 5 aromatic rings. The molecule has 0 aromatic heterocycles. The van der Waals surface area contributed by atoms with Gasteiger partial charge in [-0.2, -0.15) is 0 Å². The normalized spacial score (nSPS) is 7.46. The Balaban J connectivity index is 1.28. The lowest BCUT2D eigenvalue weighted by Gasteiger charge is -2.30. The van der Waals surface area contributed by atoms with Crippen LogP contribution in [-0.4, -0.2) is 5.11 Å². The van der Waals surface area contributed by atoms with Crippen molar-refractivity contribution in [3.63, 3.8) is 0 Å². The van der Waals surface area contributed by atoms with Gasteiger partial charge < -0.3 is 19.3 Å². The smallest absolute Gasteiger partial charge is 0.144 e. The highest BCUT2D eigenvalue weighted by molar-refractivity contribution is 6.31. The van der Waals surface area contributed by atoms with E-state index in [1.54, 1.807) is 54.6 Å². The Hall–Kier alpha value is -13.4. The van der Waals surface area contributed by atoms with Crippen molar-refractivity contribution in [1.29, 1.82) is 0 Å². The highest BCUT2D eigenvalue weighted by Crippen LogP contribution is 2.40. The quantitative estimate of drug-likeness (QED) is 0.127. The lowest BCUT2D eigenvalue weighted by atomic mass is 9.80. The van der Waals surface area contributed by atoms with Gasteiger partial charge in [-0.05, 0) is 182 Å². The van der Waals surface area contributed by atoms with Crippen molar-refractivity contribution in [1.82, 2.24) is 0 Å². The maximum atomic E-state index is 12.5. The van der Waals surface area contributed by atoms with Crippen molar-refractivity contribution >= 4 is 34.0 Å². The van der Waals surface area contributed by atoms with Crippen LogP contribution < -0.4 is 14.2 Å². The second-order valence-corrected chi connectivity index (χ2v) is 14.9. The fourth-order valence-corrected chi connectivity index (χ4v) is 6.20. The summed E-state index contributed by atoms with van der Waals surface area (Å²) in [4.78, 5) is 0. The zero-order valence-electron chi connectivity index (χ0n) is 41.1. The zero-order chi connectivity index (χ0) is 56.4. The van der Waals surface area contributed by atoms with Crippen LogP contribution in [0.15, 0.2) is 103 Å². The van der Waals surface area contributed by atoms with Crippen molar-refractivity contribution in [2.24, 2.45) is 0 Å². The lowest BCUT2D eigenvalue weighted by Crippen LogP contribution is -2.28. The molecule has 5 aromatic carbocycles. The minimum absolute atomic E-state index is 0.0953. The topological polar surface area (TPSA) is 47.9 Å². The van der Waals surface area contributed by atoms with E-state index in [9.17, 15) is 5.11 Å². The van der Waals surface area contributed by atoms with Gasteiger partial charge in [-0.3, -0.25) is 0 Å². The molecule has 6 heteroatoms. The fraction of sp³-hybridized carbons (Fsp3) is 0.0270. The predicted molar refractivity (Wildman–Crippen MR) is 314 cm³/mol. The fourth-order valence-electron chi connectivity index (χ4n) is 5.82.